The molecule has 0 saturated heterocycles. The van der Waals surface area contributed by atoms with Gasteiger partial charge in [-0.2, -0.15) is 0 Å². The van der Waals surface area contributed by atoms with Gasteiger partial charge in [-0.3, -0.25) is 4.79 Å². The van der Waals surface area contributed by atoms with Gasteiger partial charge in [0.1, 0.15) is 0 Å². The van der Waals surface area contributed by atoms with Crippen molar-refractivity contribution in [3.8, 4) is 0 Å². The van der Waals surface area contributed by atoms with Crippen molar-refractivity contribution in [2.45, 2.75) is 29.6 Å². The topological polar surface area (TPSA) is 57.7 Å². The Balaban J connectivity index is 1.77. The molecule has 144 valence electrons. The maximum atomic E-state index is 12.8. The minimum absolute atomic E-state index is 0.0461. The van der Waals surface area contributed by atoms with Crippen LogP contribution in [0.1, 0.15) is 17.5 Å². The lowest BCUT2D eigenvalue weighted by atomic mass is 10.0. The first kappa shape index (κ1) is 19.9. The van der Waals surface area contributed by atoms with E-state index >= 15 is 0 Å². The summed E-state index contributed by atoms with van der Waals surface area (Å²) in [7, 11) is -0.431. The summed E-state index contributed by atoms with van der Waals surface area (Å²) in [5.41, 5.74) is 2.94. The Morgan fingerprint density at radius 1 is 1.15 bits per heavy atom. The third kappa shape index (κ3) is 4.36. The van der Waals surface area contributed by atoms with Gasteiger partial charge in [0, 0.05) is 31.2 Å². The molecule has 0 aromatic heterocycles. The molecular formula is C20H24N2O3S2. The van der Waals surface area contributed by atoms with Gasteiger partial charge >= 0.3 is 0 Å². The van der Waals surface area contributed by atoms with E-state index in [4.69, 9.17) is 0 Å². The molecule has 7 heteroatoms. The van der Waals surface area contributed by atoms with Crippen LogP contribution in [0, 0.1) is 6.92 Å². The summed E-state index contributed by atoms with van der Waals surface area (Å²) in [6.07, 6.45) is 1.61. The molecule has 0 N–H and O–H groups in total. The lowest BCUT2D eigenvalue weighted by Crippen LogP contribution is -2.36. The summed E-state index contributed by atoms with van der Waals surface area (Å²) in [5.74, 6) is 0.407. The number of rotatable bonds is 5. The molecule has 0 aliphatic carbocycles. The van der Waals surface area contributed by atoms with Crippen LogP contribution in [0.3, 0.4) is 0 Å². The zero-order chi connectivity index (χ0) is 19.6. The highest BCUT2D eigenvalue weighted by Gasteiger charge is 2.25. The van der Waals surface area contributed by atoms with Gasteiger partial charge in [-0.05, 0) is 55.7 Å². The summed E-state index contributed by atoms with van der Waals surface area (Å²) >= 11 is 1.52. The fourth-order valence-electron chi connectivity index (χ4n) is 3.06. The Morgan fingerprint density at radius 2 is 1.85 bits per heavy atom. The van der Waals surface area contributed by atoms with Crippen LogP contribution in [0.25, 0.3) is 0 Å². The lowest BCUT2D eigenvalue weighted by molar-refractivity contribution is -0.116. The minimum atomic E-state index is -3.47. The van der Waals surface area contributed by atoms with Crippen molar-refractivity contribution >= 4 is 33.4 Å². The van der Waals surface area contributed by atoms with Crippen LogP contribution in [0.4, 0.5) is 5.69 Å². The molecule has 2 aromatic rings. The van der Waals surface area contributed by atoms with Crippen molar-refractivity contribution in [2.75, 3.05) is 31.3 Å². The maximum absolute atomic E-state index is 12.8. The van der Waals surface area contributed by atoms with Gasteiger partial charge < -0.3 is 4.90 Å². The van der Waals surface area contributed by atoms with Gasteiger partial charge in [0.15, 0.2) is 0 Å². The van der Waals surface area contributed by atoms with Gasteiger partial charge in [0.05, 0.1) is 10.6 Å². The molecule has 1 amide bonds. The molecular weight excluding hydrogens is 380 g/mol. The monoisotopic (exact) mass is 404 g/mol. The molecule has 1 heterocycles. The quantitative estimate of drug-likeness (QED) is 0.718. The van der Waals surface area contributed by atoms with E-state index < -0.39 is 10.0 Å². The van der Waals surface area contributed by atoms with E-state index in [2.05, 4.69) is 0 Å². The van der Waals surface area contributed by atoms with E-state index in [-0.39, 0.29) is 10.8 Å². The lowest BCUT2D eigenvalue weighted by Gasteiger charge is -2.30. The number of carbonyl (C=O) groups excluding carboxylic acids is 1. The van der Waals surface area contributed by atoms with Crippen LogP contribution in [-0.2, 0) is 21.2 Å². The molecule has 0 atom stereocenters. The SMILES string of the molecule is Cc1ccc(SCC(=O)N2CCCc3cc(S(=O)(=O)N(C)C)ccc32)cc1. The first-order valence-corrected chi connectivity index (χ1v) is 11.3. The van der Waals surface area contributed by atoms with Crippen molar-refractivity contribution in [2.24, 2.45) is 0 Å². The van der Waals surface area contributed by atoms with E-state index in [1.807, 2.05) is 31.2 Å². The molecule has 0 fully saturated rings. The summed E-state index contributed by atoms with van der Waals surface area (Å²) in [5, 5.41) is 0. The predicted octanol–water partition coefficient (Wildman–Crippen LogP) is 3.32. The average molecular weight is 405 g/mol. The highest BCUT2D eigenvalue weighted by molar-refractivity contribution is 8.00. The van der Waals surface area contributed by atoms with E-state index in [9.17, 15) is 13.2 Å². The second kappa shape index (κ2) is 8.04. The number of nitrogens with zero attached hydrogens (tertiary/aromatic N) is 2. The van der Waals surface area contributed by atoms with Crippen LogP contribution >= 0.6 is 11.8 Å². The van der Waals surface area contributed by atoms with Crippen molar-refractivity contribution in [1.82, 2.24) is 4.31 Å². The molecule has 27 heavy (non-hydrogen) atoms. The number of aryl methyl sites for hydroxylation is 2. The number of fused-ring (bicyclic) bond motifs is 1. The maximum Gasteiger partial charge on any atom is 0.242 e. The summed E-state index contributed by atoms with van der Waals surface area (Å²) < 4.78 is 25.9. The second-order valence-corrected chi connectivity index (χ2v) is 10.0. The highest BCUT2D eigenvalue weighted by Crippen LogP contribution is 2.31. The van der Waals surface area contributed by atoms with Crippen LogP contribution in [-0.4, -0.2) is 45.0 Å². The Labute approximate surface area is 165 Å². The molecule has 1 aliphatic heterocycles. The Bertz CT molecular complexity index is 938. The average Bonchev–Trinajstić information content (AvgIpc) is 2.66. The van der Waals surface area contributed by atoms with Crippen LogP contribution < -0.4 is 4.90 Å². The van der Waals surface area contributed by atoms with Gasteiger partial charge in [-0.15, -0.1) is 11.8 Å². The number of hydrogen-bond donors (Lipinski definition) is 0. The number of benzene rings is 2. The Kier molecular flexibility index (Phi) is 5.93. The second-order valence-electron chi connectivity index (χ2n) is 6.83. The summed E-state index contributed by atoms with van der Waals surface area (Å²) in [6.45, 7) is 2.70. The van der Waals surface area contributed by atoms with Gasteiger partial charge in [0.25, 0.3) is 0 Å². The molecule has 0 radical (unpaired) electrons. The molecule has 0 bridgehead atoms. The van der Waals surface area contributed by atoms with E-state index in [0.717, 1.165) is 29.0 Å². The fourth-order valence-corrected chi connectivity index (χ4v) is 4.79. The summed E-state index contributed by atoms with van der Waals surface area (Å²) in [6, 6.07) is 13.2. The standard InChI is InChI=1S/C20H24N2O3S2/c1-15-6-8-17(9-7-15)26-14-20(23)22-12-4-5-16-13-18(10-11-19(16)22)27(24,25)21(2)3/h6-11,13H,4-5,12,14H2,1-3H3. The molecule has 5 nitrogen and oxygen atoms in total. The van der Waals surface area contributed by atoms with Crippen LogP contribution in [0.2, 0.25) is 0 Å². The van der Waals surface area contributed by atoms with E-state index in [0.29, 0.717) is 12.3 Å². The number of carbonyl (C=O) groups is 1. The Morgan fingerprint density at radius 3 is 2.52 bits per heavy atom. The van der Waals surface area contributed by atoms with E-state index in [1.54, 1.807) is 23.1 Å². The zero-order valence-corrected chi connectivity index (χ0v) is 17.4. The van der Waals surface area contributed by atoms with Gasteiger partial charge in [0.2, 0.25) is 15.9 Å². The minimum Gasteiger partial charge on any atom is -0.311 e. The number of thioether (sulfide) groups is 1. The first-order valence-electron chi connectivity index (χ1n) is 8.84. The number of hydrogen-bond acceptors (Lipinski definition) is 4. The van der Waals surface area contributed by atoms with Crippen molar-refractivity contribution in [3.05, 3.63) is 53.6 Å². The normalized spacial score (nSPS) is 14.3. The van der Waals surface area contributed by atoms with Crippen molar-refractivity contribution in [3.63, 3.8) is 0 Å². The zero-order valence-electron chi connectivity index (χ0n) is 15.8. The Hall–Kier alpha value is -1.83. The van der Waals surface area contributed by atoms with Crippen LogP contribution in [0.15, 0.2) is 52.3 Å². The molecule has 2 aromatic carbocycles. The number of amides is 1. The molecule has 0 saturated carbocycles. The third-order valence-electron chi connectivity index (χ3n) is 4.63. The number of anilines is 1. The van der Waals surface area contributed by atoms with Crippen molar-refractivity contribution in [1.29, 1.82) is 0 Å². The largest absolute Gasteiger partial charge is 0.311 e. The summed E-state index contributed by atoms with van der Waals surface area (Å²) in [4.78, 5) is 15.9. The molecule has 0 unspecified atom stereocenters. The van der Waals surface area contributed by atoms with E-state index in [1.165, 1.54) is 35.7 Å². The third-order valence-corrected chi connectivity index (χ3v) is 7.44. The molecule has 3 rings (SSSR count). The van der Waals surface area contributed by atoms with Gasteiger partial charge in [-0.25, -0.2) is 12.7 Å². The van der Waals surface area contributed by atoms with Gasteiger partial charge in [-0.1, -0.05) is 17.7 Å². The molecule has 1 aliphatic rings. The molecule has 0 spiro atoms. The predicted molar refractivity (Wildman–Crippen MR) is 110 cm³/mol. The highest BCUT2D eigenvalue weighted by atomic mass is 32.2. The first-order chi connectivity index (χ1) is 12.8. The van der Waals surface area contributed by atoms with Crippen molar-refractivity contribution < 1.29 is 13.2 Å². The smallest absolute Gasteiger partial charge is 0.242 e. The van der Waals surface area contributed by atoms with Crippen LogP contribution in [0.5, 0.6) is 0 Å². The number of sulfonamides is 1. The fraction of sp³-hybridized carbons (Fsp3) is 0.350.